The maximum Gasteiger partial charge on any atom is 0.203 e. The van der Waals surface area contributed by atoms with Gasteiger partial charge in [0, 0.05) is 18.4 Å². The van der Waals surface area contributed by atoms with Gasteiger partial charge in [0.2, 0.25) is 5.65 Å². The van der Waals surface area contributed by atoms with Crippen LogP contribution < -0.4 is 11.1 Å². The van der Waals surface area contributed by atoms with Crippen LogP contribution in [-0.4, -0.2) is 25.6 Å². The molecule has 0 radical (unpaired) electrons. The number of anilines is 1. The van der Waals surface area contributed by atoms with Gasteiger partial charge < -0.3 is 11.1 Å². The van der Waals surface area contributed by atoms with Gasteiger partial charge in [-0.25, -0.2) is 4.98 Å². The van der Waals surface area contributed by atoms with Crippen LogP contribution in [0.5, 0.6) is 0 Å². The van der Waals surface area contributed by atoms with Crippen LogP contribution in [0.3, 0.4) is 0 Å². The van der Waals surface area contributed by atoms with Crippen molar-refractivity contribution in [2.75, 3.05) is 5.32 Å². The molecule has 2 unspecified atom stereocenters. The van der Waals surface area contributed by atoms with E-state index in [2.05, 4.69) is 32.6 Å². The predicted molar refractivity (Wildman–Crippen MR) is 75.3 cm³/mol. The number of nitrogens with two attached hydrogens (primary N) is 1. The van der Waals surface area contributed by atoms with E-state index in [1.165, 1.54) is 11.1 Å². The van der Waals surface area contributed by atoms with Crippen LogP contribution in [0.25, 0.3) is 5.65 Å². The summed E-state index contributed by atoms with van der Waals surface area (Å²) in [7, 11) is 0. The molecule has 0 amide bonds. The molecule has 6 heteroatoms. The number of rotatable bonds is 2. The lowest BCUT2D eigenvalue weighted by atomic mass is 10.1. The zero-order chi connectivity index (χ0) is 13.5. The van der Waals surface area contributed by atoms with Gasteiger partial charge in [-0.3, -0.25) is 4.40 Å². The zero-order valence-electron chi connectivity index (χ0n) is 10.8. The van der Waals surface area contributed by atoms with Crippen LogP contribution in [0.2, 0.25) is 0 Å². The quantitative estimate of drug-likeness (QED) is 0.727. The van der Waals surface area contributed by atoms with E-state index in [-0.39, 0.29) is 12.1 Å². The van der Waals surface area contributed by atoms with Crippen molar-refractivity contribution < 1.29 is 0 Å². The SMILES string of the molecule is NC1Cc2ccccc2C1Nc1nccn2cnnc12. The Bertz CT molecular complexity index is 765. The third-order valence-electron chi connectivity index (χ3n) is 3.78. The second-order valence-corrected chi connectivity index (χ2v) is 5.03. The molecule has 0 fully saturated rings. The van der Waals surface area contributed by atoms with E-state index in [1.54, 1.807) is 12.5 Å². The molecule has 0 saturated carbocycles. The molecule has 3 N–H and O–H groups in total. The molecule has 0 aliphatic heterocycles. The molecule has 4 rings (SSSR count). The molecular weight excluding hydrogens is 252 g/mol. The molecule has 1 aliphatic carbocycles. The van der Waals surface area contributed by atoms with Crippen molar-refractivity contribution in [3.8, 4) is 0 Å². The molecule has 100 valence electrons. The summed E-state index contributed by atoms with van der Waals surface area (Å²) >= 11 is 0. The Hall–Kier alpha value is -2.47. The molecule has 0 bridgehead atoms. The summed E-state index contributed by atoms with van der Waals surface area (Å²) in [5, 5.41) is 11.4. The Morgan fingerprint density at radius 3 is 3.15 bits per heavy atom. The van der Waals surface area contributed by atoms with Gasteiger partial charge in [0.15, 0.2) is 5.82 Å². The number of nitrogens with one attached hydrogen (secondary N) is 1. The molecular formula is C14H14N6. The topological polar surface area (TPSA) is 81.1 Å². The fourth-order valence-electron chi connectivity index (χ4n) is 2.82. The van der Waals surface area contributed by atoms with Crippen molar-refractivity contribution in [2.24, 2.45) is 5.73 Å². The highest BCUT2D eigenvalue weighted by molar-refractivity contribution is 5.63. The van der Waals surface area contributed by atoms with Gasteiger partial charge in [0.1, 0.15) is 6.33 Å². The lowest BCUT2D eigenvalue weighted by Gasteiger charge is -2.19. The first-order valence-corrected chi connectivity index (χ1v) is 6.57. The van der Waals surface area contributed by atoms with Crippen LogP contribution in [0.15, 0.2) is 43.0 Å². The van der Waals surface area contributed by atoms with E-state index >= 15 is 0 Å². The van der Waals surface area contributed by atoms with Gasteiger partial charge >= 0.3 is 0 Å². The summed E-state index contributed by atoms with van der Waals surface area (Å²) in [6.45, 7) is 0. The highest BCUT2D eigenvalue weighted by Gasteiger charge is 2.30. The van der Waals surface area contributed by atoms with Gasteiger partial charge in [-0.2, -0.15) is 0 Å². The van der Waals surface area contributed by atoms with Crippen molar-refractivity contribution >= 4 is 11.5 Å². The summed E-state index contributed by atoms with van der Waals surface area (Å²) in [6.07, 6.45) is 6.09. The molecule has 1 aliphatic rings. The summed E-state index contributed by atoms with van der Waals surface area (Å²) in [4.78, 5) is 4.36. The lowest BCUT2D eigenvalue weighted by molar-refractivity contribution is 0.624. The molecule has 0 saturated heterocycles. The van der Waals surface area contributed by atoms with Gasteiger partial charge in [-0.1, -0.05) is 24.3 Å². The summed E-state index contributed by atoms with van der Waals surface area (Å²) in [6, 6.07) is 8.42. The summed E-state index contributed by atoms with van der Waals surface area (Å²) in [5.74, 6) is 0.710. The average Bonchev–Trinajstić information content (AvgIpc) is 3.05. The third-order valence-corrected chi connectivity index (χ3v) is 3.78. The molecule has 3 aromatic rings. The highest BCUT2D eigenvalue weighted by atomic mass is 15.2. The lowest BCUT2D eigenvalue weighted by Crippen LogP contribution is -2.30. The van der Waals surface area contributed by atoms with Crippen molar-refractivity contribution in [1.82, 2.24) is 19.6 Å². The fraction of sp³-hybridized carbons (Fsp3) is 0.214. The first kappa shape index (κ1) is 11.4. The maximum absolute atomic E-state index is 6.26. The minimum Gasteiger partial charge on any atom is -0.359 e. The molecule has 20 heavy (non-hydrogen) atoms. The number of fused-ring (bicyclic) bond motifs is 2. The molecule has 1 aromatic carbocycles. The minimum atomic E-state index is 0.0392. The van der Waals surface area contributed by atoms with Gasteiger partial charge in [0.25, 0.3) is 0 Å². The van der Waals surface area contributed by atoms with Crippen LogP contribution >= 0.6 is 0 Å². The minimum absolute atomic E-state index is 0.0392. The van der Waals surface area contributed by atoms with Crippen LogP contribution in [0.4, 0.5) is 5.82 Å². The number of hydrogen-bond acceptors (Lipinski definition) is 5. The summed E-state index contributed by atoms with van der Waals surface area (Å²) in [5.41, 5.74) is 9.51. The normalized spacial score (nSPS) is 21.1. The van der Waals surface area contributed by atoms with Crippen LogP contribution in [-0.2, 0) is 6.42 Å². The highest BCUT2D eigenvalue weighted by Crippen LogP contribution is 2.33. The Balaban J connectivity index is 1.74. The predicted octanol–water partition coefficient (Wildman–Crippen LogP) is 1.16. The number of hydrogen-bond donors (Lipinski definition) is 2. The van der Waals surface area contributed by atoms with Crippen molar-refractivity contribution in [3.05, 3.63) is 54.1 Å². The zero-order valence-corrected chi connectivity index (χ0v) is 10.8. The summed E-state index contributed by atoms with van der Waals surface area (Å²) < 4.78 is 1.84. The number of aromatic nitrogens is 4. The van der Waals surface area contributed by atoms with Gasteiger partial charge in [-0.15, -0.1) is 10.2 Å². The molecule has 2 atom stereocenters. The average molecular weight is 266 g/mol. The van der Waals surface area contributed by atoms with E-state index in [9.17, 15) is 0 Å². The van der Waals surface area contributed by atoms with Crippen LogP contribution in [0.1, 0.15) is 17.2 Å². The van der Waals surface area contributed by atoms with E-state index in [4.69, 9.17) is 5.73 Å². The number of benzene rings is 1. The van der Waals surface area contributed by atoms with E-state index in [0.717, 1.165) is 6.42 Å². The standard InChI is InChI=1S/C14H14N6/c15-11-7-9-3-1-2-4-10(9)12(11)18-13-14-19-17-8-20(14)6-5-16-13/h1-6,8,11-12H,7,15H2,(H,16,18). The van der Waals surface area contributed by atoms with Crippen molar-refractivity contribution in [1.29, 1.82) is 0 Å². The van der Waals surface area contributed by atoms with Crippen LogP contribution in [0, 0.1) is 0 Å². The monoisotopic (exact) mass is 266 g/mol. The molecule has 6 nitrogen and oxygen atoms in total. The number of nitrogens with zero attached hydrogens (tertiary/aromatic N) is 4. The smallest absolute Gasteiger partial charge is 0.203 e. The van der Waals surface area contributed by atoms with Crippen molar-refractivity contribution in [2.45, 2.75) is 18.5 Å². The van der Waals surface area contributed by atoms with E-state index < -0.39 is 0 Å². The Labute approximate surface area is 115 Å². The largest absolute Gasteiger partial charge is 0.359 e. The van der Waals surface area contributed by atoms with Crippen molar-refractivity contribution in [3.63, 3.8) is 0 Å². The second kappa shape index (κ2) is 4.28. The fourth-order valence-corrected chi connectivity index (χ4v) is 2.82. The molecule has 2 heterocycles. The molecule has 2 aromatic heterocycles. The Morgan fingerprint density at radius 1 is 1.30 bits per heavy atom. The Morgan fingerprint density at radius 2 is 2.20 bits per heavy atom. The Kier molecular flexibility index (Phi) is 2.43. The second-order valence-electron chi connectivity index (χ2n) is 5.03. The van der Waals surface area contributed by atoms with Gasteiger partial charge in [-0.05, 0) is 17.5 Å². The van der Waals surface area contributed by atoms with Gasteiger partial charge in [0.05, 0.1) is 6.04 Å². The maximum atomic E-state index is 6.26. The third kappa shape index (κ3) is 1.65. The van der Waals surface area contributed by atoms with E-state index in [0.29, 0.717) is 11.5 Å². The first-order valence-electron chi connectivity index (χ1n) is 6.57. The molecule has 0 spiro atoms. The van der Waals surface area contributed by atoms with E-state index in [1.807, 2.05) is 22.7 Å². The first-order chi connectivity index (χ1) is 9.83.